The van der Waals surface area contributed by atoms with E-state index in [-0.39, 0.29) is 17.4 Å². The average molecular weight is 309 g/mol. The molecule has 118 valence electrons. The molecule has 1 atom stereocenters. The molecule has 4 nitrogen and oxygen atoms in total. The lowest BCUT2D eigenvalue weighted by Gasteiger charge is -2.18. The highest BCUT2D eigenvalue weighted by atomic mass is 16.4. The molecule has 1 saturated heterocycles. The summed E-state index contributed by atoms with van der Waals surface area (Å²) in [5.41, 5.74) is 4.30. The molecule has 1 fully saturated rings. The zero-order chi connectivity index (χ0) is 16.6. The van der Waals surface area contributed by atoms with Crippen LogP contribution in [0.4, 0.5) is 5.69 Å². The lowest BCUT2D eigenvalue weighted by atomic mass is 9.98. The van der Waals surface area contributed by atoms with Crippen LogP contribution < -0.4 is 4.90 Å². The molecule has 2 aromatic rings. The Kier molecular flexibility index (Phi) is 3.90. The monoisotopic (exact) mass is 309 g/mol. The maximum atomic E-state index is 12.1. The third-order valence-corrected chi connectivity index (χ3v) is 4.44. The number of hydrogen-bond acceptors (Lipinski definition) is 2. The molecule has 23 heavy (non-hydrogen) atoms. The quantitative estimate of drug-likeness (QED) is 0.939. The minimum atomic E-state index is -0.926. The maximum absolute atomic E-state index is 12.1. The Hall–Kier alpha value is -2.62. The molecule has 0 radical (unpaired) electrons. The maximum Gasteiger partial charge on any atom is 0.335 e. The van der Waals surface area contributed by atoms with Gasteiger partial charge in [-0.3, -0.25) is 4.79 Å². The number of benzene rings is 2. The first-order chi connectivity index (χ1) is 11.0. The fourth-order valence-corrected chi connectivity index (χ4v) is 3.01. The van der Waals surface area contributed by atoms with Gasteiger partial charge in [0.1, 0.15) is 0 Å². The predicted octanol–water partition coefficient (Wildman–Crippen LogP) is 3.73. The van der Waals surface area contributed by atoms with Gasteiger partial charge in [-0.25, -0.2) is 4.79 Å². The normalized spacial score (nSPS) is 17.6. The zero-order valence-corrected chi connectivity index (χ0v) is 13.2. The van der Waals surface area contributed by atoms with E-state index in [1.807, 2.05) is 49.1 Å². The van der Waals surface area contributed by atoms with E-state index in [1.165, 1.54) is 0 Å². The number of carbonyl (C=O) groups is 2. The molecule has 0 spiro atoms. The van der Waals surface area contributed by atoms with E-state index in [0.717, 1.165) is 35.3 Å². The smallest absolute Gasteiger partial charge is 0.335 e. The van der Waals surface area contributed by atoms with Gasteiger partial charge in [-0.15, -0.1) is 0 Å². The number of nitrogens with zero attached hydrogens (tertiary/aromatic N) is 1. The van der Waals surface area contributed by atoms with Gasteiger partial charge < -0.3 is 10.0 Å². The summed E-state index contributed by atoms with van der Waals surface area (Å²) < 4.78 is 0. The number of anilines is 1. The largest absolute Gasteiger partial charge is 0.478 e. The van der Waals surface area contributed by atoms with E-state index in [1.54, 1.807) is 12.1 Å². The SMILES string of the molecule is Cc1cc(N2CCC(C)C2=O)ccc1-c1ccc(C(=O)O)cc1. The Morgan fingerprint density at radius 2 is 1.87 bits per heavy atom. The second-order valence-corrected chi connectivity index (χ2v) is 6.06. The van der Waals surface area contributed by atoms with E-state index in [0.29, 0.717) is 0 Å². The van der Waals surface area contributed by atoms with Crippen molar-refractivity contribution in [3.05, 3.63) is 53.6 Å². The van der Waals surface area contributed by atoms with Gasteiger partial charge in [0.25, 0.3) is 0 Å². The van der Waals surface area contributed by atoms with Crippen molar-refractivity contribution < 1.29 is 14.7 Å². The second-order valence-electron chi connectivity index (χ2n) is 6.06. The van der Waals surface area contributed by atoms with E-state index in [4.69, 9.17) is 5.11 Å². The summed E-state index contributed by atoms with van der Waals surface area (Å²) in [6.45, 7) is 4.74. The third kappa shape index (κ3) is 2.84. The zero-order valence-electron chi connectivity index (χ0n) is 13.2. The number of amides is 1. The first-order valence-corrected chi connectivity index (χ1v) is 7.73. The van der Waals surface area contributed by atoms with Crippen LogP contribution in [0.3, 0.4) is 0 Å². The Labute approximate surface area is 135 Å². The van der Waals surface area contributed by atoms with Gasteiger partial charge >= 0.3 is 5.97 Å². The molecular weight excluding hydrogens is 290 g/mol. The Morgan fingerprint density at radius 3 is 2.39 bits per heavy atom. The van der Waals surface area contributed by atoms with E-state index < -0.39 is 5.97 Å². The van der Waals surface area contributed by atoms with E-state index in [9.17, 15) is 9.59 Å². The summed E-state index contributed by atoms with van der Waals surface area (Å²) in [6, 6.07) is 12.8. The standard InChI is InChI=1S/C19H19NO3/c1-12-9-10-20(18(12)21)16-7-8-17(13(2)11-16)14-3-5-15(6-4-14)19(22)23/h3-8,11-12H,9-10H2,1-2H3,(H,22,23). The van der Waals surface area contributed by atoms with Crippen molar-refractivity contribution >= 4 is 17.6 Å². The summed E-state index contributed by atoms with van der Waals surface area (Å²) in [5, 5.41) is 8.97. The van der Waals surface area contributed by atoms with Gasteiger partial charge in [-0.2, -0.15) is 0 Å². The molecule has 0 saturated carbocycles. The topological polar surface area (TPSA) is 57.6 Å². The number of carboxylic acids is 1. The number of hydrogen-bond donors (Lipinski definition) is 1. The van der Waals surface area contributed by atoms with Crippen molar-refractivity contribution in [3.8, 4) is 11.1 Å². The molecular formula is C19H19NO3. The molecule has 3 rings (SSSR count). The molecule has 2 aromatic carbocycles. The highest BCUT2D eigenvalue weighted by Gasteiger charge is 2.29. The molecule has 1 amide bonds. The van der Waals surface area contributed by atoms with Gasteiger partial charge in [0.15, 0.2) is 0 Å². The van der Waals surface area contributed by atoms with Crippen molar-refractivity contribution in [1.29, 1.82) is 0 Å². The van der Waals surface area contributed by atoms with Crippen LogP contribution in [0.25, 0.3) is 11.1 Å². The van der Waals surface area contributed by atoms with Crippen molar-refractivity contribution in [1.82, 2.24) is 0 Å². The summed E-state index contributed by atoms with van der Waals surface area (Å²) in [6.07, 6.45) is 0.899. The average Bonchev–Trinajstić information content (AvgIpc) is 2.87. The molecule has 4 heteroatoms. The van der Waals surface area contributed by atoms with Crippen molar-refractivity contribution in [2.24, 2.45) is 5.92 Å². The number of carbonyl (C=O) groups excluding carboxylic acids is 1. The van der Waals surface area contributed by atoms with Crippen LogP contribution in [0.5, 0.6) is 0 Å². The van der Waals surface area contributed by atoms with Gasteiger partial charge in [0.2, 0.25) is 5.91 Å². The van der Waals surface area contributed by atoms with Gasteiger partial charge in [0.05, 0.1) is 5.56 Å². The van der Waals surface area contributed by atoms with Crippen LogP contribution in [0.1, 0.15) is 29.3 Å². The summed E-state index contributed by atoms with van der Waals surface area (Å²) in [5.74, 6) is -0.646. The fraction of sp³-hybridized carbons (Fsp3) is 0.263. The Morgan fingerprint density at radius 1 is 1.17 bits per heavy atom. The van der Waals surface area contributed by atoms with Gasteiger partial charge in [-0.05, 0) is 54.3 Å². The van der Waals surface area contributed by atoms with Crippen LogP contribution in [-0.2, 0) is 4.79 Å². The molecule has 1 aliphatic heterocycles. The summed E-state index contributed by atoms with van der Waals surface area (Å²) in [7, 11) is 0. The molecule has 0 aromatic heterocycles. The van der Waals surface area contributed by atoms with Crippen LogP contribution in [-0.4, -0.2) is 23.5 Å². The lowest BCUT2D eigenvalue weighted by molar-refractivity contribution is -0.119. The highest BCUT2D eigenvalue weighted by molar-refractivity contribution is 5.97. The number of aryl methyl sites for hydroxylation is 1. The summed E-state index contributed by atoms with van der Waals surface area (Å²) in [4.78, 5) is 24.9. The van der Waals surface area contributed by atoms with Gasteiger partial charge in [0, 0.05) is 18.2 Å². The minimum Gasteiger partial charge on any atom is -0.478 e. The molecule has 1 unspecified atom stereocenters. The highest BCUT2D eigenvalue weighted by Crippen LogP contribution is 2.30. The number of aromatic carboxylic acids is 1. The van der Waals surface area contributed by atoms with E-state index >= 15 is 0 Å². The van der Waals surface area contributed by atoms with Crippen LogP contribution in [0.15, 0.2) is 42.5 Å². The molecule has 0 aliphatic carbocycles. The molecule has 1 heterocycles. The Bertz CT molecular complexity index is 765. The Balaban J connectivity index is 1.90. The van der Waals surface area contributed by atoms with Crippen molar-refractivity contribution in [2.75, 3.05) is 11.4 Å². The number of carboxylic acid groups (broad SMARTS) is 1. The van der Waals surface area contributed by atoms with Crippen LogP contribution in [0.2, 0.25) is 0 Å². The molecule has 1 aliphatic rings. The van der Waals surface area contributed by atoms with Crippen LogP contribution in [0, 0.1) is 12.8 Å². The van der Waals surface area contributed by atoms with E-state index in [2.05, 4.69) is 0 Å². The van der Waals surface area contributed by atoms with Crippen LogP contribution >= 0.6 is 0 Å². The second kappa shape index (κ2) is 5.88. The van der Waals surface area contributed by atoms with Crippen molar-refractivity contribution in [3.63, 3.8) is 0 Å². The first kappa shape index (κ1) is 15.3. The minimum absolute atomic E-state index is 0.0959. The van der Waals surface area contributed by atoms with Gasteiger partial charge in [-0.1, -0.05) is 25.1 Å². The van der Waals surface area contributed by atoms with Crippen molar-refractivity contribution in [2.45, 2.75) is 20.3 Å². The lowest BCUT2D eigenvalue weighted by Crippen LogP contribution is -2.26. The fourth-order valence-electron chi connectivity index (χ4n) is 3.01. The summed E-state index contributed by atoms with van der Waals surface area (Å²) >= 11 is 0. The predicted molar refractivity (Wildman–Crippen MR) is 89.7 cm³/mol. The first-order valence-electron chi connectivity index (χ1n) is 7.73. The molecule has 0 bridgehead atoms. The number of rotatable bonds is 3. The third-order valence-electron chi connectivity index (χ3n) is 4.44. The molecule has 1 N–H and O–H groups in total.